The lowest BCUT2D eigenvalue weighted by Gasteiger charge is -2.31. The van der Waals surface area contributed by atoms with Gasteiger partial charge in [-0.15, -0.1) is 0 Å². The number of benzene rings is 1. The zero-order valence-corrected chi connectivity index (χ0v) is 20.8. The molecule has 1 fully saturated rings. The van der Waals surface area contributed by atoms with Gasteiger partial charge < -0.3 is 25.8 Å². The number of unbranched alkanes of at least 4 members (excludes halogenated alkanes) is 1. The third-order valence-corrected chi connectivity index (χ3v) is 7.01. The second kappa shape index (κ2) is 13.4. The van der Waals surface area contributed by atoms with Crippen molar-refractivity contribution in [2.24, 2.45) is 0 Å². The number of piperidine rings is 1. The first kappa shape index (κ1) is 26.2. The van der Waals surface area contributed by atoms with Crippen LogP contribution in [0, 0.1) is 0 Å². The Bertz CT molecular complexity index is 823. The highest BCUT2D eigenvalue weighted by atomic mass is 16.2. The number of likely N-dealkylation sites (tertiary alicyclic amines) is 1. The van der Waals surface area contributed by atoms with Gasteiger partial charge >= 0.3 is 0 Å². The number of carbonyl (C=O) groups excluding carboxylic acids is 3. The maximum atomic E-state index is 12.8. The second-order valence-electron chi connectivity index (χ2n) is 9.56. The summed E-state index contributed by atoms with van der Waals surface area (Å²) < 4.78 is 0. The molecule has 188 valence electrons. The molecule has 8 nitrogen and oxygen atoms in total. The lowest BCUT2D eigenvalue weighted by atomic mass is 10.1. The van der Waals surface area contributed by atoms with E-state index in [0.717, 1.165) is 88.9 Å². The molecule has 0 spiro atoms. The summed E-state index contributed by atoms with van der Waals surface area (Å²) in [4.78, 5) is 40.2. The molecule has 1 aromatic rings. The highest BCUT2D eigenvalue weighted by molar-refractivity contribution is 6.02. The molecule has 1 atom stereocenters. The van der Waals surface area contributed by atoms with Crippen molar-refractivity contribution in [1.82, 2.24) is 20.4 Å². The van der Waals surface area contributed by atoms with E-state index < -0.39 is 0 Å². The Kier molecular flexibility index (Phi) is 10.3. The number of hydrogen-bond acceptors (Lipinski definition) is 5. The molecule has 34 heavy (non-hydrogen) atoms. The largest absolute Gasteiger partial charge is 0.356 e. The van der Waals surface area contributed by atoms with Gasteiger partial charge in [0.2, 0.25) is 12.3 Å². The van der Waals surface area contributed by atoms with Crippen LogP contribution in [-0.4, -0.2) is 72.8 Å². The van der Waals surface area contributed by atoms with Gasteiger partial charge in [-0.25, -0.2) is 0 Å². The van der Waals surface area contributed by atoms with Crippen LogP contribution in [0.5, 0.6) is 0 Å². The van der Waals surface area contributed by atoms with Crippen LogP contribution in [0.3, 0.4) is 0 Å². The van der Waals surface area contributed by atoms with Crippen LogP contribution in [-0.2, 0) is 16.1 Å². The van der Waals surface area contributed by atoms with Crippen LogP contribution < -0.4 is 16.0 Å². The zero-order chi connectivity index (χ0) is 24.3. The van der Waals surface area contributed by atoms with Crippen LogP contribution in [0.2, 0.25) is 0 Å². The van der Waals surface area contributed by atoms with Crippen LogP contribution in [0.1, 0.15) is 74.7 Å². The van der Waals surface area contributed by atoms with Gasteiger partial charge in [0.1, 0.15) is 0 Å². The van der Waals surface area contributed by atoms with Crippen LogP contribution in [0.4, 0.5) is 5.69 Å². The minimum atomic E-state index is 0.00714. The number of nitrogens with zero attached hydrogens (tertiary/aromatic N) is 2. The third-order valence-electron chi connectivity index (χ3n) is 7.01. The van der Waals surface area contributed by atoms with E-state index in [4.69, 9.17) is 0 Å². The van der Waals surface area contributed by atoms with Gasteiger partial charge in [-0.05, 0) is 57.7 Å². The normalized spacial score (nSPS) is 17.5. The lowest BCUT2D eigenvalue weighted by Crippen LogP contribution is -2.44. The summed E-state index contributed by atoms with van der Waals surface area (Å²) in [6, 6.07) is 6.14. The summed E-state index contributed by atoms with van der Waals surface area (Å²) in [6.45, 7) is 9.69. The second-order valence-corrected chi connectivity index (χ2v) is 9.56. The monoisotopic (exact) mass is 471 g/mol. The number of rotatable bonds is 14. The fourth-order valence-corrected chi connectivity index (χ4v) is 4.93. The molecule has 0 radical (unpaired) electrons. The van der Waals surface area contributed by atoms with Crippen molar-refractivity contribution in [3.63, 3.8) is 0 Å². The standard InChI is InChI=1S/C26H41N5O3/c1-3-7-20(2)31-18-23-22(26(31)34)8-6-9-24(23)29-25(33)10-4-5-13-27-14-17-30-15-11-21(12-16-30)28-19-32/h6,8-9,19-21,27H,3-5,7,10-18H2,1-2H3,(H,28,32)(H,29,33). The average Bonchev–Trinajstić information content (AvgIpc) is 3.17. The molecule has 1 unspecified atom stereocenters. The fraction of sp³-hybridized carbons (Fsp3) is 0.654. The van der Waals surface area contributed by atoms with Crippen LogP contribution >= 0.6 is 0 Å². The quantitative estimate of drug-likeness (QED) is 0.287. The smallest absolute Gasteiger partial charge is 0.254 e. The molecule has 8 heteroatoms. The molecular weight excluding hydrogens is 430 g/mol. The molecule has 3 rings (SSSR count). The molecule has 1 aromatic carbocycles. The summed E-state index contributed by atoms with van der Waals surface area (Å²) in [5, 5.41) is 9.38. The van der Waals surface area contributed by atoms with E-state index in [9.17, 15) is 14.4 Å². The number of anilines is 1. The molecule has 0 aromatic heterocycles. The molecule has 2 aliphatic rings. The first-order valence-electron chi connectivity index (χ1n) is 12.9. The van der Waals surface area contributed by atoms with Crippen molar-refractivity contribution >= 4 is 23.9 Å². The highest BCUT2D eigenvalue weighted by Gasteiger charge is 2.32. The van der Waals surface area contributed by atoms with E-state index in [1.807, 2.05) is 23.1 Å². The molecule has 3 amide bonds. The Morgan fingerprint density at radius 2 is 2.00 bits per heavy atom. The number of fused-ring (bicyclic) bond motifs is 1. The Morgan fingerprint density at radius 3 is 2.74 bits per heavy atom. The average molecular weight is 472 g/mol. The van der Waals surface area contributed by atoms with Crippen molar-refractivity contribution in [3.8, 4) is 0 Å². The maximum Gasteiger partial charge on any atom is 0.254 e. The lowest BCUT2D eigenvalue weighted by molar-refractivity contribution is -0.116. The van der Waals surface area contributed by atoms with E-state index in [-0.39, 0.29) is 17.9 Å². The summed E-state index contributed by atoms with van der Waals surface area (Å²) in [6.07, 6.45) is 7.11. The first-order valence-corrected chi connectivity index (χ1v) is 12.9. The number of nitrogens with one attached hydrogen (secondary N) is 3. The Balaban J connectivity index is 1.31. The van der Waals surface area contributed by atoms with Gasteiger partial charge in [0.25, 0.3) is 5.91 Å². The Hall–Kier alpha value is -2.45. The van der Waals surface area contributed by atoms with Crippen molar-refractivity contribution in [3.05, 3.63) is 29.3 Å². The molecule has 3 N–H and O–H groups in total. The van der Waals surface area contributed by atoms with Crippen molar-refractivity contribution in [2.75, 3.05) is 38.0 Å². The van der Waals surface area contributed by atoms with Gasteiger partial charge in [-0.1, -0.05) is 19.4 Å². The number of hydrogen-bond donors (Lipinski definition) is 3. The minimum Gasteiger partial charge on any atom is -0.356 e. The predicted molar refractivity (Wildman–Crippen MR) is 135 cm³/mol. The summed E-state index contributed by atoms with van der Waals surface area (Å²) in [7, 11) is 0. The zero-order valence-electron chi connectivity index (χ0n) is 20.8. The van der Waals surface area contributed by atoms with Gasteiger partial charge in [0.15, 0.2) is 0 Å². The molecule has 0 aliphatic carbocycles. The van der Waals surface area contributed by atoms with Crippen LogP contribution in [0.25, 0.3) is 0 Å². The fourth-order valence-electron chi connectivity index (χ4n) is 4.93. The van der Waals surface area contributed by atoms with E-state index in [1.165, 1.54) is 0 Å². The van der Waals surface area contributed by atoms with Gasteiger partial charge in [0, 0.05) is 68.0 Å². The van der Waals surface area contributed by atoms with E-state index in [1.54, 1.807) is 0 Å². The van der Waals surface area contributed by atoms with E-state index in [0.29, 0.717) is 24.6 Å². The van der Waals surface area contributed by atoms with Crippen LogP contribution in [0.15, 0.2) is 18.2 Å². The molecular formula is C26H41N5O3. The van der Waals surface area contributed by atoms with Gasteiger partial charge in [-0.3, -0.25) is 14.4 Å². The topological polar surface area (TPSA) is 93.8 Å². The van der Waals surface area contributed by atoms with Crippen molar-refractivity contribution in [1.29, 1.82) is 0 Å². The van der Waals surface area contributed by atoms with Gasteiger partial charge in [0.05, 0.1) is 0 Å². The molecule has 1 saturated heterocycles. The van der Waals surface area contributed by atoms with E-state index >= 15 is 0 Å². The van der Waals surface area contributed by atoms with Crippen molar-refractivity contribution in [2.45, 2.75) is 77.4 Å². The molecule has 2 heterocycles. The van der Waals surface area contributed by atoms with E-state index in [2.05, 4.69) is 34.7 Å². The maximum absolute atomic E-state index is 12.8. The Labute approximate surface area is 203 Å². The molecule has 0 saturated carbocycles. The number of carbonyl (C=O) groups is 3. The molecule has 2 aliphatic heterocycles. The first-order chi connectivity index (χ1) is 16.5. The minimum absolute atomic E-state index is 0.00714. The summed E-state index contributed by atoms with van der Waals surface area (Å²) >= 11 is 0. The Morgan fingerprint density at radius 1 is 1.21 bits per heavy atom. The molecule has 0 bridgehead atoms. The predicted octanol–water partition coefficient (Wildman–Crippen LogP) is 2.74. The van der Waals surface area contributed by atoms with Gasteiger partial charge in [-0.2, -0.15) is 0 Å². The van der Waals surface area contributed by atoms with Crippen molar-refractivity contribution < 1.29 is 14.4 Å². The summed E-state index contributed by atoms with van der Waals surface area (Å²) in [5.74, 6) is 0.0767. The highest BCUT2D eigenvalue weighted by Crippen LogP contribution is 2.31. The number of amides is 3. The summed E-state index contributed by atoms with van der Waals surface area (Å²) in [5.41, 5.74) is 2.43. The third kappa shape index (κ3) is 7.27. The SMILES string of the molecule is CCCC(C)N1Cc2c(NC(=O)CCCCNCCN3CCC(NC=O)CC3)cccc2C1=O.